The number of amides is 1. The molecule has 10 heteroatoms. The largest absolute Gasteiger partial charge is 0.304 e. The van der Waals surface area contributed by atoms with E-state index in [1.165, 1.54) is 14.7 Å². The molecule has 0 aliphatic carbocycles. The van der Waals surface area contributed by atoms with Gasteiger partial charge in [0, 0.05) is 31.2 Å². The Morgan fingerprint density at radius 3 is 2.68 bits per heavy atom. The number of nitrogens with one attached hydrogen (secondary N) is 1. The van der Waals surface area contributed by atoms with Crippen molar-refractivity contribution in [2.24, 2.45) is 10.8 Å². The number of likely N-dealkylation sites (N-methyl/N-ethyl adjacent to an activating group) is 1. The first kappa shape index (κ1) is 24.7. The summed E-state index contributed by atoms with van der Waals surface area (Å²) in [6, 6.07) is 7.41. The maximum absolute atomic E-state index is 13.6. The van der Waals surface area contributed by atoms with Crippen LogP contribution in [0.3, 0.4) is 0 Å². The van der Waals surface area contributed by atoms with E-state index in [0.717, 1.165) is 5.56 Å². The fourth-order valence-corrected chi connectivity index (χ4v) is 4.84. The SMILES string of the molecule is C=N/C(=C\C=C(/C)C(=O)NN)CN(c1cccc(C)c1)S(=O)(=O)N1CCN(C)[C@@H](C)C1. The van der Waals surface area contributed by atoms with Crippen molar-refractivity contribution < 1.29 is 13.2 Å². The lowest BCUT2D eigenvalue weighted by Crippen LogP contribution is -2.55. The van der Waals surface area contributed by atoms with Crippen LogP contribution in [0.1, 0.15) is 19.4 Å². The van der Waals surface area contributed by atoms with Gasteiger partial charge in [-0.1, -0.05) is 18.2 Å². The molecule has 0 saturated carbocycles. The van der Waals surface area contributed by atoms with Crippen LogP contribution >= 0.6 is 0 Å². The molecule has 170 valence electrons. The third kappa shape index (κ3) is 6.23. The second-order valence-corrected chi connectivity index (χ2v) is 9.53. The van der Waals surface area contributed by atoms with E-state index in [4.69, 9.17) is 5.84 Å². The number of hydrogen-bond acceptors (Lipinski definition) is 6. The Kier molecular flexibility index (Phi) is 8.52. The summed E-state index contributed by atoms with van der Waals surface area (Å²) in [5, 5.41) is 0. The number of nitrogens with zero attached hydrogens (tertiary/aromatic N) is 4. The molecule has 31 heavy (non-hydrogen) atoms. The van der Waals surface area contributed by atoms with Crippen molar-refractivity contribution in [3.05, 3.63) is 53.3 Å². The first-order valence-corrected chi connectivity index (χ1v) is 11.4. The molecule has 1 aliphatic heterocycles. The van der Waals surface area contributed by atoms with Gasteiger partial charge in [-0.2, -0.15) is 12.7 Å². The fourth-order valence-electron chi connectivity index (χ4n) is 3.17. The third-order valence-electron chi connectivity index (χ3n) is 5.34. The molecule has 0 aromatic heterocycles. The lowest BCUT2D eigenvalue weighted by Gasteiger charge is -2.39. The molecule has 2 rings (SSSR count). The molecule has 1 aliphatic rings. The number of piperazine rings is 1. The van der Waals surface area contributed by atoms with Crippen molar-refractivity contribution in [2.75, 3.05) is 37.5 Å². The summed E-state index contributed by atoms with van der Waals surface area (Å²) in [5.41, 5.74) is 4.30. The maximum Gasteiger partial charge on any atom is 0.304 e. The molecule has 0 radical (unpaired) electrons. The van der Waals surface area contributed by atoms with Gasteiger partial charge in [-0.25, -0.2) is 5.84 Å². The van der Waals surface area contributed by atoms with Gasteiger partial charge < -0.3 is 4.90 Å². The van der Waals surface area contributed by atoms with Crippen LogP contribution in [-0.4, -0.2) is 69.5 Å². The highest BCUT2D eigenvalue weighted by atomic mass is 32.2. The zero-order valence-electron chi connectivity index (χ0n) is 18.6. The van der Waals surface area contributed by atoms with E-state index in [1.54, 1.807) is 19.1 Å². The summed E-state index contributed by atoms with van der Waals surface area (Å²) in [4.78, 5) is 17.7. The summed E-state index contributed by atoms with van der Waals surface area (Å²) in [6.45, 7) is 10.5. The van der Waals surface area contributed by atoms with Crippen LogP contribution in [0.15, 0.2) is 52.7 Å². The number of allylic oxidation sites excluding steroid dienone is 2. The minimum Gasteiger partial charge on any atom is -0.301 e. The summed E-state index contributed by atoms with van der Waals surface area (Å²) in [7, 11) is -1.84. The van der Waals surface area contributed by atoms with Crippen molar-refractivity contribution in [1.29, 1.82) is 0 Å². The predicted molar refractivity (Wildman–Crippen MR) is 125 cm³/mol. The fraction of sp³-hybridized carbons (Fsp3) is 0.429. The van der Waals surface area contributed by atoms with Crippen LogP contribution < -0.4 is 15.6 Å². The van der Waals surface area contributed by atoms with Crippen molar-refractivity contribution >= 4 is 28.5 Å². The molecule has 0 bridgehead atoms. The Morgan fingerprint density at radius 1 is 1.39 bits per heavy atom. The molecule has 1 aromatic carbocycles. The van der Waals surface area contributed by atoms with Crippen molar-refractivity contribution in [1.82, 2.24) is 14.6 Å². The second kappa shape index (κ2) is 10.7. The standard InChI is InChI=1S/C21H32N6O3S/c1-16-7-6-8-20(13-16)27(15-19(23-4)10-9-17(2)21(28)24-22)31(29,30)26-12-11-25(5)18(3)14-26/h6-10,13,18H,4,11-12,14-15,22H2,1-3,5H3,(H,24,28)/b17-9+,19-10-/t18-/m0/s1. The molecule has 0 unspecified atom stereocenters. The molecule has 3 N–H and O–H groups in total. The summed E-state index contributed by atoms with van der Waals surface area (Å²) < 4.78 is 30.1. The van der Waals surface area contributed by atoms with Gasteiger partial charge in [-0.05, 0) is 58.3 Å². The zero-order chi connectivity index (χ0) is 23.2. The minimum absolute atomic E-state index is 0.0238. The van der Waals surface area contributed by atoms with Gasteiger partial charge in [0.1, 0.15) is 0 Å². The highest BCUT2D eigenvalue weighted by Gasteiger charge is 2.34. The average molecular weight is 449 g/mol. The average Bonchev–Trinajstić information content (AvgIpc) is 2.74. The Bertz CT molecular complexity index is 973. The number of aryl methyl sites for hydroxylation is 1. The van der Waals surface area contributed by atoms with Crippen LogP contribution in [0.25, 0.3) is 0 Å². The number of benzene rings is 1. The normalized spacial score (nSPS) is 19.2. The van der Waals surface area contributed by atoms with Gasteiger partial charge in [0.15, 0.2) is 0 Å². The molecule has 1 saturated heterocycles. The van der Waals surface area contributed by atoms with Gasteiger partial charge in [-0.3, -0.25) is 19.5 Å². The summed E-state index contributed by atoms with van der Waals surface area (Å²) in [6.07, 6.45) is 3.10. The Hall–Kier alpha value is -2.53. The van der Waals surface area contributed by atoms with Crippen molar-refractivity contribution in [3.8, 4) is 0 Å². The number of hydrogen-bond donors (Lipinski definition) is 2. The van der Waals surface area contributed by atoms with Gasteiger partial charge >= 0.3 is 10.2 Å². The number of hydrazine groups is 1. The molecule has 0 spiro atoms. The van der Waals surface area contributed by atoms with Gasteiger partial charge in [0.05, 0.1) is 17.9 Å². The van der Waals surface area contributed by atoms with Gasteiger partial charge in [0.25, 0.3) is 5.91 Å². The Labute approximate surface area is 185 Å². The van der Waals surface area contributed by atoms with E-state index in [2.05, 4.69) is 22.0 Å². The maximum atomic E-state index is 13.6. The number of aliphatic imine (C=N–C) groups is 1. The van der Waals surface area contributed by atoms with Gasteiger partial charge in [0.2, 0.25) is 0 Å². The Morgan fingerprint density at radius 2 is 2.10 bits per heavy atom. The van der Waals surface area contributed by atoms with Gasteiger partial charge in [-0.15, -0.1) is 0 Å². The highest BCUT2D eigenvalue weighted by Crippen LogP contribution is 2.25. The lowest BCUT2D eigenvalue weighted by atomic mass is 10.2. The van der Waals surface area contributed by atoms with E-state index in [0.29, 0.717) is 36.6 Å². The van der Waals surface area contributed by atoms with Crippen LogP contribution in [0.2, 0.25) is 0 Å². The zero-order valence-corrected chi connectivity index (χ0v) is 19.4. The summed E-state index contributed by atoms with van der Waals surface area (Å²) in [5.74, 6) is 4.71. The molecule has 1 fully saturated rings. The molecule has 1 heterocycles. The van der Waals surface area contributed by atoms with Crippen LogP contribution in [0, 0.1) is 6.92 Å². The summed E-state index contributed by atoms with van der Waals surface area (Å²) >= 11 is 0. The first-order valence-electron chi connectivity index (χ1n) is 10.00. The molecule has 9 nitrogen and oxygen atoms in total. The minimum atomic E-state index is -3.82. The Balaban J connectivity index is 2.44. The predicted octanol–water partition coefficient (Wildman–Crippen LogP) is 1.20. The van der Waals surface area contributed by atoms with E-state index < -0.39 is 16.1 Å². The van der Waals surface area contributed by atoms with E-state index >= 15 is 0 Å². The number of carbonyl (C=O) groups excluding carboxylic acids is 1. The van der Waals surface area contributed by atoms with Crippen molar-refractivity contribution in [3.63, 3.8) is 0 Å². The number of anilines is 1. The first-order chi connectivity index (χ1) is 14.6. The second-order valence-electron chi connectivity index (χ2n) is 7.68. The molecule has 1 atom stereocenters. The number of rotatable bonds is 8. The third-order valence-corrected chi connectivity index (χ3v) is 7.22. The van der Waals surface area contributed by atoms with E-state index in [9.17, 15) is 13.2 Å². The topological polar surface area (TPSA) is 111 Å². The highest BCUT2D eigenvalue weighted by molar-refractivity contribution is 7.90. The lowest BCUT2D eigenvalue weighted by molar-refractivity contribution is -0.117. The smallest absolute Gasteiger partial charge is 0.301 e. The van der Waals surface area contributed by atoms with Crippen LogP contribution in [-0.2, 0) is 15.0 Å². The quantitative estimate of drug-likeness (QED) is 0.155. The number of carbonyl (C=O) groups is 1. The molecular formula is C21H32N6O3S. The van der Waals surface area contributed by atoms with Crippen LogP contribution in [0.5, 0.6) is 0 Å². The van der Waals surface area contributed by atoms with Crippen molar-refractivity contribution in [2.45, 2.75) is 26.8 Å². The van der Waals surface area contributed by atoms with E-state index in [1.807, 2.05) is 39.1 Å². The molecule has 1 amide bonds. The molecule has 1 aromatic rings. The molecular weight excluding hydrogens is 416 g/mol. The van der Waals surface area contributed by atoms with Crippen LogP contribution in [0.4, 0.5) is 5.69 Å². The van der Waals surface area contributed by atoms with E-state index in [-0.39, 0.29) is 12.6 Å². The number of nitrogens with two attached hydrogens (primary N) is 1. The monoisotopic (exact) mass is 448 g/mol.